The lowest BCUT2D eigenvalue weighted by Gasteiger charge is -2.30. The molecular weight excluding hydrogens is 445 g/mol. The van der Waals surface area contributed by atoms with Gasteiger partial charge >= 0.3 is 0 Å². The van der Waals surface area contributed by atoms with Gasteiger partial charge in [0.2, 0.25) is 10.0 Å². The number of rotatable bonds is 11. The SMILES string of the molecule is CCCCCN(C(C)c1nc2ccccc2c(=O)n1CCOC)S(=O)(=O)c1ccc(F)cc1. The molecule has 33 heavy (non-hydrogen) atoms. The number of methoxy groups -OCH3 is 1. The van der Waals surface area contributed by atoms with Gasteiger partial charge in [0.15, 0.2) is 0 Å². The summed E-state index contributed by atoms with van der Waals surface area (Å²) in [6.07, 6.45) is 2.42. The van der Waals surface area contributed by atoms with Crippen LogP contribution in [0.3, 0.4) is 0 Å². The van der Waals surface area contributed by atoms with Crippen molar-refractivity contribution in [3.05, 3.63) is 70.5 Å². The fraction of sp³-hybridized carbons (Fsp3) is 0.417. The smallest absolute Gasteiger partial charge is 0.261 e. The normalized spacial score (nSPS) is 13.0. The van der Waals surface area contributed by atoms with Gasteiger partial charge in [-0.3, -0.25) is 9.36 Å². The average Bonchev–Trinajstić information content (AvgIpc) is 2.81. The van der Waals surface area contributed by atoms with E-state index >= 15 is 0 Å². The number of ether oxygens (including phenoxy) is 1. The van der Waals surface area contributed by atoms with E-state index in [1.165, 1.54) is 21.0 Å². The molecule has 3 rings (SSSR count). The van der Waals surface area contributed by atoms with Gasteiger partial charge in [-0.15, -0.1) is 0 Å². The fourth-order valence-electron chi connectivity index (χ4n) is 3.81. The van der Waals surface area contributed by atoms with Crippen molar-refractivity contribution in [2.24, 2.45) is 0 Å². The Bertz CT molecular complexity index is 1240. The minimum Gasteiger partial charge on any atom is -0.383 e. The molecule has 1 heterocycles. The van der Waals surface area contributed by atoms with Gasteiger partial charge in [0.1, 0.15) is 11.6 Å². The molecule has 1 atom stereocenters. The maximum atomic E-state index is 13.6. The highest BCUT2D eigenvalue weighted by atomic mass is 32.2. The standard InChI is InChI=1S/C24H30FN3O4S/c1-4-5-8-15-28(33(30,31)20-13-11-19(25)12-14-20)18(2)23-26-22-10-7-6-9-21(22)24(29)27(23)16-17-32-3/h6-7,9-14,18H,4-5,8,15-17H2,1-3H3. The first-order valence-electron chi connectivity index (χ1n) is 11.1. The zero-order valence-electron chi connectivity index (χ0n) is 19.2. The summed E-state index contributed by atoms with van der Waals surface area (Å²) in [6.45, 7) is 4.54. The summed E-state index contributed by atoms with van der Waals surface area (Å²) in [5.74, 6) is -0.165. The molecule has 0 fully saturated rings. The van der Waals surface area contributed by atoms with Gasteiger partial charge in [-0.1, -0.05) is 31.9 Å². The molecule has 178 valence electrons. The molecule has 0 aliphatic rings. The Morgan fingerprint density at radius 3 is 2.48 bits per heavy atom. The van der Waals surface area contributed by atoms with Crippen molar-refractivity contribution in [3.8, 4) is 0 Å². The molecule has 0 aliphatic heterocycles. The number of hydrogen-bond donors (Lipinski definition) is 0. The van der Waals surface area contributed by atoms with Gasteiger partial charge in [-0.05, 0) is 49.7 Å². The summed E-state index contributed by atoms with van der Waals surface area (Å²) >= 11 is 0. The number of aromatic nitrogens is 2. The van der Waals surface area contributed by atoms with Crippen LogP contribution >= 0.6 is 0 Å². The molecule has 9 heteroatoms. The number of fused-ring (bicyclic) bond motifs is 1. The minimum absolute atomic E-state index is 0.00109. The van der Waals surface area contributed by atoms with Crippen LogP contribution in [0, 0.1) is 5.82 Å². The molecule has 0 N–H and O–H groups in total. The summed E-state index contributed by atoms with van der Waals surface area (Å²) in [5, 5.41) is 0.462. The quantitative estimate of drug-likeness (QED) is 0.390. The highest BCUT2D eigenvalue weighted by Crippen LogP contribution is 2.28. The molecule has 0 saturated carbocycles. The van der Waals surface area contributed by atoms with Gasteiger partial charge in [-0.2, -0.15) is 4.31 Å². The van der Waals surface area contributed by atoms with E-state index in [1.54, 1.807) is 38.3 Å². The van der Waals surface area contributed by atoms with Gasteiger partial charge < -0.3 is 4.74 Å². The van der Waals surface area contributed by atoms with Crippen LogP contribution in [-0.4, -0.2) is 42.5 Å². The first-order valence-corrected chi connectivity index (χ1v) is 12.5. The Morgan fingerprint density at radius 2 is 1.82 bits per heavy atom. The Kier molecular flexibility index (Phi) is 8.34. The summed E-state index contributed by atoms with van der Waals surface area (Å²) in [6, 6.07) is 11.1. The Morgan fingerprint density at radius 1 is 1.12 bits per heavy atom. The fourth-order valence-corrected chi connectivity index (χ4v) is 5.44. The number of hydrogen-bond acceptors (Lipinski definition) is 5. The van der Waals surface area contributed by atoms with Crippen molar-refractivity contribution in [1.82, 2.24) is 13.9 Å². The summed E-state index contributed by atoms with van der Waals surface area (Å²) in [4.78, 5) is 18.0. The van der Waals surface area contributed by atoms with Gasteiger partial charge in [0.05, 0.1) is 35.0 Å². The van der Waals surface area contributed by atoms with Crippen molar-refractivity contribution in [2.45, 2.75) is 50.6 Å². The maximum Gasteiger partial charge on any atom is 0.261 e. The third-order valence-electron chi connectivity index (χ3n) is 5.62. The zero-order valence-corrected chi connectivity index (χ0v) is 20.0. The Labute approximate surface area is 193 Å². The second kappa shape index (κ2) is 11.0. The predicted molar refractivity (Wildman–Crippen MR) is 126 cm³/mol. The van der Waals surface area contributed by atoms with Crippen LogP contribution < -0.4 is 5.56 Å². The zero-order chi connectivity index (χ0) is 24.0. The van der Waals surface area contributed by atoms with Crippen LogP contribution in [-0.2, 0) is 21.3 Å². The molecule has 0 radical (unpaired) electrons. The summed E-state index contributed by atoms with van der Waals surface area (Å²) in [5.41, 5.74) is 0.262. The highest BCUT2D eigenvalue weighted by Gasteiger charge is 2.32. The molecule has 7 nitrogen and oxygen atoms in total. The number of unbranched alkanes of at least 4 members (excludes halogenated alkanes) is 2. The lowest BCUT2D eigenvalue weighted by molar-refractivity contribution is 0.182. The van der Waals surface area contributed by atoms with E-state index in [2.05, 4.69) is 0 Å². The minimum atomic E-state index is -3.97. The van der Waals surface area contributed by atoms with Crippen molar-refractivity contribution < 1.29 is 17.5 Å². The topological polar surface area (TPSA) is 81.5 Å². The summed E-state index contributed by atoms with van der Waals surface area (Å²) < 4.78 is 48.7. The third kappa shape index (κ3) is 5.48. The molecule has 0 bridgehead atoms. The van der Waals surface area contributed by atoms with E-state index in [-0.39, 0.29) is 30.2 Å². The second-order valence-electron chi connectivity index (χ2n) is 7.89. The van der Waals surface area contributed by atoms with E-state index in [4.69, 9.17) is 9.72 Å². The van der Waals surface area contributed by atoms with Crippen LogP contribution in [0.15, 0.2) is 58.2 Å². The third-order valence-corrected chi connectivity index (χ3v) is 7.60. The largest absolute Gasteiger partial charge is 0.383 e. The van der Waals surface area contributed by atoms with Gasteiger partial charge in [-0.25, -0.2) is 17.8 Å². The molecule has 0 saturated heterocycles. The van der Waals surface area contributed by atoms with Crippen molar-refractivity contribution in [3.63, 3.8) is 0 Å². The molecule has 0 amide bonds. The lowest BCUT2D eigenvalue weighted by atomic mass is 10.2. The van der Waals surface area contributed by atoms with E-state index in [1.807, 2.05) is 6.92 Å². The van der Waals surface area contributed by atoms with Crippen LogP contribution in [0.1, 0.15) is 45.0 Å². The maximum absolute atomic E-state index is 13.6. The number of nitrogens with zero attached hydrogens (tertiary/aromatic N) is 3. The lowest BCUT2D eigenvalue weighted by Crippen LogP contribution is -2.38. The highest BCUT2D eigenvalue weighted by molar-refractivity contribution is 7.89. The predicted octanol–water partition coefficient (Wildman–Crippen LogP) is 4.12. The second-order valence-corrected chi connectivity index (χ2v) is 9.78. The van der Waals surface area contributed by atoms with Crippen LogP contribution in [0.5, 0.6) is 0 Å². The van der Waals surface area contributed by atoms with Gasteiger partial charge in [0, 0.05) is 13.7 Å². The van der Waals surface area contributed by atoms with Crippen molar-refractivity contribution in [2.75, 3.05) is 20.3 Å². The van der Waals surface area contributed by atoms with Crippen LogP contribution in [0.25, 0.3) is 10.9 Å². The van der Waals surface area contributed by atoms with Crippen LogP contribution in [0.4, 0.5) is 4.39 Å². The monoisotopic (exact) mass is 475 g/mol. The van der Waals surface area contributed by atoms with Crippen molar-refractivity contribution >= 4 is 20.9 Å². The van der Waals surface area contributed by atoms with E-state index in [0.29, 0.717) is 23.1 Å². The number of halogens is 1. The molecule has 2 aromatic carbocycles. The molecule has 0 spiro atoms. The van der Waals surface area contributed by atoms with E-state index in [9.17, 15) is 17.6 Å². The molecular formula is C24H30FN3O4S. The first kappa shape index (κ1) is 25.0. The molecule has 3 aromatic rings. The van der Waals surface area contributed by atoms with E-state index in [0.717, 1.165) is 25.0 Å². The van der Waals surface area contributed by atoms with Gasteiger partial charge in [0.25, 0.3) is 5.56 Å². The van der Waals surface area contributed by atoms with E-state index < -0.39 is 21.9 Å². The first-order chi connectivity index (χ1) is 15.8. The number of sulfonamides is 1. The van der Waals surface area contributed by atoms with Crippen molar-refractivity contribution in [1.29, 1.82) is 0 Å². The molecule has 1 unspecified atom stereocenters. The Balaban J connectivity index is 2.14. The Hall–Kier alpha value is -2.62. The average molecular weight is 476 g/mol. The van der Waals surface area contributed by atoms with Crippen LogP contribution in [0.2, 0.25) is 0 Å². The number of para-hydroxylation sites is 1. The molecule has 1 aromatic heterocycles. The molecule has 0 aliphatic carbocycles. The summed E-state index contributed by atoms with van der Waals surface area (Å²) in [7, 11) is -2.43. The number of benzene rings is 2.